The van der Waals surface area contributed by atoms with Gasteiger partial charge in [0.2, 0.25) is 0 Å². The molecule has 0 aliphatic rings. The van der Waals surface area contributed by atoms with Gasteiger partial charge in [-0.1, -0.05) is 44.2 Å². The summed E-state index contributed by atoms with van der Waals surface area (Å²) in [5.74, 6) is 2.28. The average molecular weight is 408 g/mol. The fraction of sp³-hybridized carbons (Fsp3) is 0.333. The van der Waals surface area contributed by atoms with Crippen LogP contribution >= 0.6 is 0 Å². The Morgan fingerprint density at radius 1 is 1.17 bits per heavy atom. The highest BCUT2D eigenvalue weighted by Gasteiger charge is 2.24. The quantitative estimate of drug-likeness (QED) is 0.609. The molecular weight excluding hydrogens is 378 g/mol. The third kappa shape index (κ3) is 4.82. The van der Waals surface area contributed by atoms with Gasteiger partial charge in [0, 0.05) is 25.0 Å². The number of carbonyl (C=O) groups is 1. The molecule has 6 heteroatoms. The molecular formula is C24H29N3O3. The number of rotatable bonds is 8. The molecule has 1 amide bonds. The Balaban J connectivity index is 1.80. The molecule has 1 aromatic heterocycles. The molecule has 0 saturated heterocycles. The summed E-state index contributed by atoms with van der Waals surface area (Å²) in [4.78, 5) is 17.3. The van der Waals surface area contributed by atoms with Crippen molar-refractivity contribution in [1.82, 2.24) is 14.9 Å². The fourth-order valence-corrected chi connectivity index (χ4v) is 3.32. The highest BCUT2D eigenvalue weighted by Crippen LogP contribution is 2.29. The molecule has 0 aliphatic carbocycles. The van der Waals surface area contributed by atoms with Gasteiger partial charge in [-0.2, -0.15) is 0 Å². The van der Waals surface area contributed by atoms with E-state index < -0.39 is 6.04 Å². The molecule has 2 aromatic carbocycles. The zero-order chi connectivity index (χ0) is 21.7. The zero-order valence-electron chi connectivity index (χ0n) is 18.2. The molecule has 158 valence electrons. The summed E-state index contributed by atoms with van der Waals surface area (Å²) in [6, 6.07) is 13.3. The van der Waals surface area contributed by atoms with Crippen molar-refractivity contribution >= 4 is 5.91 Å². The Morgan fingerprint density at radius 3 is 2.60 bits per heavy atom. The summed E-state index contributed by atoms with van der Waals surface area (Å²) in [6.45, 7) is 6.15. The lowest BCUT2D eigenvalue weighted by atomic mass is 10.0. The van der Waals surface area contributed by atoms with E-state index in [1.54, 1.807) is 13.3 Å². The number of hydrogen-bond donors (Lipinski definition) is 1. The van der Waals surface area contributed by atoms with E-state index >= 15 is 0 Å². The van der Waals surface area contributed by atoms with Gasteiger partial charge in [-0.15, -0.1) is 0 Å². The number of carbonyl (C=O) groups excluding carboxylic acids is 1. The number of benzene rings is 2. The normalized spacial score (nSPS) is 11.9. The largest absolute Gasteiger partial charge is 0.496 e. The Bertz CT molecular complexity index is 1010. The lowest BCUT2D eigenvalue weighted by molar-refractivity contribution is -0.123. The van der Waals surface area contributed by atoms with E-state index in [4.69, 9.17) is 9.47 Å². The minimum Gasteiger partial charge on any atom is -0.496 e. The van der Waals surface area contributed by atoms with E-state index in [-0.39, 0.29) is 12.5 Å². The van der Waals surface area contributed by atoms with Crippen molar-refractivity contribution in [2.75, 3.05) is 13.7 Å². The second-order valence-corrected chi connectivity index (χ2v) is 7.61. The number of aromatic nitrogens is 2. The third-order valence-corrected chi connectivity index (χ3v) is 5.11. The van der Waals surface area contributed by atoms with Gasteiger partial charge in [0.25, 0.3) is 5.91 Å². The molecule has 1 atom stereocenters. The van der Waals surface area contributed by atoms with Crippen LogP contribution in [0.25, 0.3) is 0 Å². The van der Waals surface area contributed by atoms with Crippen LogP contribution in [0.4, 0.5) is 0 Å². The van der Waals surface area contributed by atoms with Crippen LogP contribution in [0.1, 0.15) is 48.3 Å². The lowest BCUT2D eigenvalue weighted by Crippen LogP contribution is -2.34. The first kappa shape index (κ1) is 21.4. The topological polar surface area (TPSA) is 65.4 Å². The third-order valence-electron chi connectivity index (χ3n) is 5.11. The summed E-state index contributed by atoms with van der Waals surface area (Å²) < 4.78 is 13.3. The molecule has 0 saturated carbocycles. The Labute approximate surface area is 177 Å². The summed E-state index contributed by atoms with van der Waals surface area (Å²) in [5, 5.41) is 3.05. The molecule has 0 bridgehead atoms. The van der Waals surface area contributed by atoms with E-state index in [2.05, 4.69) is 30.2 Å². The molecule has 0 aliphatic heterocycles. The van der Waals surface area contributed by atoms with Crippen LogP contribution in [0.15, 0.2) is 54.9 Å². The first-order valence-corrected chi connectivity index (χ1v) is 10.0. The number of imidazole rings is 1. The van der Waals surface area contributed by atoms with Crippen molar-refractivity contribution in [3.63, 3.8) is 0 Å². The summed E-state index contributed by atoms with van der Waals surface area (Å²) >= 11 is 0. The van der Waals surface area contributed by atoms with Crippen LogP contribution in [-0.2, 0) is 11.8 Å². The molecule has 3 aromatic rings. The number of ether oxygens (including phenoxy) is 2. The number of nitrogens with one attached hydrogen (secondary N) is 1. The minimum atomic E-state index is -0.458. The van der Waals surface area contributed by atoms with Crippen molar-refractivity contribution in [3.8, 4) is 11.5 Å². The van der Waals surface area contributed by atoms with Crippen molar-refractivity contribution in [2.24, 2.45) is 7.05 Å². The summed E-state index contributed by atoms with van der Waals surface area (Å²) in [6.07, 6.45) is 3.56. The van der Waals surface area contributed by atoms with Gasteiger partial charge in [0.15, 0.2) is 6.61 Å². The molecule has 3 rings (SSSR count). The number of para-hydroxylation sites is 1. The van der Waals surface area contributed by atoms with E-state index in [0.29, 0.717) is 17.5 Å². The summed E-state index contributed by atoms with van der Waals surface area (Å²) in [7, 11) is 3.51. The van der Waals surface area contributed by atoms with Crippen LogP contribution < -0.4 is 14.8 Å². The van der Waals surface area contributed by atoms with Crippen molar-refractivity contribution in [1.29, 1.82) is 0 Å². The first-order valence-electron chi connectivity index (χ1n) is 10.0. The van der Waals surface area contributed by atoms with E-state index in [1.807, 2.05) is 61.1 Å². The van der Waals surface area contributed by atoms with Crippen molar-refractivity contribution in [3.05, 3.63) is 77.4 Å². The van der Waals surface area contributed by atoms with Gasteiger partial charge in [-0.3, -0.25) is 4.79 Å². The summed E-state index contributed by atoms with van der Waals surface area (Å²) in [5.41, 5.74) is 3.01. The predicted molar refractivity (Wildman–Crippen MR) is 117 cm³/mol. The Hall–Kier alpha value is -3.28. The van der Waals surface area contributed by atoms with Crippen LogP contribution in [0, 0.1) is 6.92 Å². The second-order valence-electron chi connectivity index (χ2n) is 7.61. The van der Waals surface area contributed by atoms with Gasteiger partial charge in [0.1, 0.15) is 23.4 Å². The van der Waals surface area contributed by atoms with E-state index in [0.717, 1.165) is 16.9 Å². The van der Waals surface area contributed by atoms with E-state index in [9.17, 15) is 4.79 Å². The molecule has 0 spiro atoms. The van der Waals surface area contributed by atoms with Crippen molar-refractivity contribution in [2.45, 2.75) is 32.7 Å². The second kappa shape index (κ2) is 9.48. The van der Waals surface area contributed by atoms with Crippen LogP contribution in [0.3, 0.4) is 0 Å². The van der Waals surface area contributed by atoms with Gasteiger partial charge in [-0.25, -0.2) is 4.98 Å². The van der Waals surface area contributed by atoms with Gasteiger partial charge in [0.05, 0.1) is 7.11 Å². The number of aryl methyl sites for hydroxylation is 2. The first-order chi connectivity index (χ1) is 14.4. The van der Waals surface area contributed by atoms with Crippen molar-refractivity contribution < 1.29 is 14.3 Å². The smallest absolute Gasteiger partial charge is 0.258 e. The lowest BCUT2D eigenvalue weighted by Gasteiger charge is -2.21. The monoisotopic (exact) mass is 407 g/mol. The van der Waals surface area contributed by atoms with E-state index in [1.165, 1.54) is 5.56 Å². The van der Waals surface area contributed by atoms with Gasteiger partial charge < -0.3 is 19.4 Å². The fourth-order valence-electron chi connectivity index (χ4n) is 3.32. The Kier molecular flexibility index (Phi) is 6.77. The van der Waals surface area contributed by atoms with Gasteiger partial charge >= 0.3 is 0 Å². The Morgan fingerprint density at radius 2 is 1.93 bits per heavy atom. The molecule has 0 radical (unpaired) electrons. The molecule has 1 heterocycles. The SMILES string of the molecule is COc1ccccc1C(NC(=O)COc1cc(C(C)C)ccc1C)c1nccn1C. The molecule has 0 fully saturated rings. The van der Waals surface area contributed by atoms with Gasteiger partial charge in [-0.05, 0) is 36.1 Å². The molecule has 1 unspecified atom stereocenters. The maximum Gasteiger partial charge on any atom is 0.258 e. The number of nitrogens with zero attached hydrogens (tertiary/aromatic N) is 2. The standard InChI is InChI=1S/C24H29N3O3/c1-16(2)18-11-10-17(3)21(14-18)30-15-22(28)26-23(24-25-12-13-27(24)4)19-8-6-7-9-20(19)29-5/h6-14,16,23H,15H2,1-5H3,(H,26,28). The predicted octanol–water partition coefficient (Wildman–Crippen LogP) is 4.15. The van der Waals surface area contributed by atoms with Crippen LogP contribution in [0.2, 0.25) is 0 Å². The molecule has 6 nitrogen and oxygen atoms in total. The maximum absolute atomic E-state index is 12.8. The number of methoxy groups -OCH3 is 1. The average Bonchev–Trinajstić information content (AvgIpc) is 3.16. The number of hydrogen-bond acceptors (Lipinski definition) is 4. The number of amides is 1. The molecule has 30 heavy (non-hydrogen) atoms. The minimum absolute atomic E-state index is 0.0849. The highest BCUT2D eigenvalue weighted by atomic mass is 16.5. The highest BCUT2D eigenvalue weighted by molar-refractivity contribution is 5.78. The van der Waals surface area contributed by atoms with Crippen LogP contribution in [-0.4, -0.2) is 29.2 Å². The van der Waals surface area contributed by atoms with Crippen LogP contribution in [0.5, 0.6) is 11.5 Å². The maximum atomic E-state index is 12.8. The zero-order valence-corrected chi connectivity index (χ0v) is 18.2. The molecule has 1 N–H and O–H groups in total.